The van der Waals surface area contributed by atoms with E-state index in [9.17, 15) is 4.79 Å². The van der Waals surface area contributed by atoms with Gasteiger partial charge in [0.25, 0.3) is 5.91 Å². The zero-order valence-electron chi connectivity index (χ0n) is 11.5. The van der Waals surface area contributed by atoms with Crippen molar-refractivity contribution < 1.29 is 9.53 Å². The van der Waals surface area contributed by atoms with Crippen LogP contribution >= 0.6 is 0 Å². The molecule has 102 valence electrons. The molecule has 0 radical (unpaired) electrons. The van der Waals surface area contributed by atoms with E-state index in [2.05, 4.69) is 12.2 Å². The van der Waals surface area contributed by atoms with Crippen LogP contribution < -0.4 is 10.1 Å². The summed E-state index contributed by atoms with van der Waals surface area (Å²) in [6, 6.07) is 9.07. The standard InChI is InChI=1S/C15H20N2O2/c1-3-4-7-12(2)17-15(18)11-19-14-9-6-5-8-13(14)10-16/h5-6,8-9,12H,3-4,7,11H2,1-2H3,(H,17,18). The van der Waals surface area contributed by atoms with Crippen molar-refractivity contribution in [2.75, 3.05) is 6.61 Å². The molecule has 4 nitrogen and oxygen atoms in total. The molecule has 1 rings (SSSR count). The van der Waals surface area contributed by atoms with Crippen LogP contribution in [0.4, 0.5) is 0 Å². The molecule has 0 saturated carbocycles. The number of hydrogen-bond acceptors (Lipinski definition) is 3. The summed E-state index contributed by atoms with van der Waals surface area (Å²) < 4.78 is 5.36. The van der Waals surface area contributed by atoms with E-state index in [-0.39, 0.29) is 18.6 Å². The maximum Gasteiger partial charge on any atom is 0.258 e. The first-order chi connectivity index (χ1) is 9.17. The zero-order chi connectivity index (χ0) is 14.1. The number of rotatable bonds is 7. The van der Waals surface area contributed by atoms with Gasteiger partial charge in [-0.05, 0) is 25.5 Å². The molecule has 1 aromatic rings. The molecule has 1 aromatic carbocycles. The minimum atomic E-state index is -0.156. The van der Waals surface area contributed by atoms with Crippen molar-refractivity contribution in [3.05, 3.63) is 29.8 Å². The maximum absolute atomic E-state index is 11.7. The number of unbranched alkanes of at least 4 members (excludes halogenated alkanes) is 1. The van der Waals surface area contributed by atoms with Gasteiger partial charge in [-0.15, -0.1) is 0 Å². The molecular weight excluding hydrogens is 240 g/mol. The molecule has 0 bridgehead atoms. The highest BCUT2D eigenvalue weighted by atomic mass is 16.5. The number of para-hydroxylation sites is 1. The van der Waals surface area contributed by atoms with Crippen molar-refractivity contribution >= 4 is 5.91 Å². The van der Waals surface area contributed by atoms with Gasteiger partial charge in [0.2, 0.25) is 0 Å². The number of nitrogens with zero attached hydrogens (tertiary/aromatic N) is 1. The number of benzene rings is 1. The zero-order valence-corrected chi connectivity index (χ0v) is 11.5. The number of carbonyl (C=O) groups excluding carboxylic acids is 1. The Morgan fingerprint density at radius 1 is 1.47 bits per heavy atom. The summed E-state index contributed by atoms with van der Waals surface area (Å²) in [5.74, 6) is 0.290. The highest BCUT2D eigenvalue weighted by Crippen LogP contribution is 2.16. The molecule has 19 heavy (non-hydrogen) atoms. The number of ether oxygens (including phenoxy) is 1. The summed E-state index contributed by atoms with van der Waals surface area (Å²) in [7, 11) is 0. The first-order valence-corrected chi connectivity index (χ1v) is 6.58. The Kier molecular flexibility index (Phi) is 6.45. The fourth-order valence-corrected chi connectivity index (χ4v) is 1.73. The van der Waals surface area contributed by atoms with E-state index in [1.165, 1.54) is 0 Å². The molecule has 0 aliphatic rings. The maximum atomic E-state index is 11.7. The average Bonchev–Trinajstić information content (AvgIpc) is 2.43. The molecule has 0 aliphatic carbocycles. The highest BCUT2D eigenvalue weighted by Gasteiger charge is 2.09. The molecule has 0 aliphatic heterocycles. The van der Waals surface area contributed by atoms with Crippen molar-refractivity contribution in [3.8, 4) is 11.8 Å². The van der Waals surface area contributed by atoms with E-state index in [0.29, 0.717) is 11.3 Å². The Bertz CT molecular complexity index is 452. The highest BCUT2D eigenvalue weighted by molar-refractivity contribution is 5.77. The van der Waals surface area contributed by atoms with Gasteiger partial charge in [0.05, 0.1) is 5.56 Å². The lowest BCUT2D eigenvalue weighted by Gasteiger charge is -2.14. The van der Waals surface area contributed by atoms with Crippen molar-refractivity contribution in [2.24, 2.45) is 0 Å². The van der Waals surface area contributed by atoms with Gasteiger partial charge in [-0.2, -0.15) is 5.26 Å². The van der Waals surface area contributed by atoms with Crippen LogP contribution in [0.5, 0.6) is 5.75 Å². The van der Waals surface area contributed by atoms with Crippen LogP contribution in [0.3, 0.4) is 0 Å². The number of nitriles is 1. The Hall–Kier alpha value is -2.02. The van der Waals surface area contributed by atoms with Crippen LogP contribution in [0, 0.1) is 11.3 Å². The van der Waals surface area contributed by atoms with Crippen LogP contribution in [0.2, 0.25) is 0 Å². The second-order valence-electron chi connectivity index (χ2n) is 4.51. The predicted octanol–water partition coefficient (Wildman–Crippen LogP) is 2.63. The quantitative estimate of drug-likeness (QED) is 0.819. The first-order valence-electron chi connectivity index (χ1n) is 6.58. The first kappa shape index (κ1) is 15.0. The van der Waals surface area contributed by atoms with Crippen LogP contribution in [-0.4, -0.2) is 18.6 Å². The molecule has 1 unspecified atom stereocenters. The number of amides is 1. The summed E-state index contributed by atoms with van der Waals surface area (Å²) >= 11 is 0. The minimum Gasteiger partial charge on any atom is -0.482 e. The lowest BCUT2D eigenvalue weighted by molar-refractivity contribution is -0.123. The molecule has 1 N–H and O–H groups in total. The van der Waals surface area contributed by atoms with Gasteiger partial charge in [-0.25, -0.2) is 0 Å². The Labute approximate surface area is 114 Å². The van der Waals surface area contributed by atoms with Gasteiger partial charge in [0, 0.05) is 6.04 Å². The smallest absolute Gasteiger partial charge is 0.258 e. The van der Waals surface area contributed by atoms with E-state index in [1.807, 2.05) is 13.0 Å². The van der Waals surface area contributed by atoms with Crippen molar-refractivity contribution in [1.82, 2.24) is 5.32 Å². The molecule has 0 spiro atoms. The molecule has 4 heteroatoms. The fourth-order valence-electron chi connectivity index (χ4n) is 1.73. The summed E-state index contributed by atoms with van der Waals surface area (Å²) in [5, 5.41) is 11.8. The van der Waals surface area contributed by atoms with E-state index in [0.717, 1.165) is 19.3 Å². The normalized spacial score (nSPS) is 11.4. The third-order valence-electron chi connectivity index (χ3n) is 2.76. The molecular formula is C15H20N2O2. The van der Waals surface area contributed by atoms with Crippen LogP contribution in [0.25, 0.3) is 0 Å². The second kappa shape index (κ2) is 8.15. The van der Waals surface area contributed by atoms with Crippen molar-refractivity contribution in [2.45, 2.75) is 39.2 Å². The third-order valence-corrected chi connectivity index (χ3v) is 2.76. The average molecular weight is 260 g/mol. The molecule has 0 saturated heterocycles. The molecule has 0 aromatic heterocycles. The van der Waals surface area contributed by atoms with Gasteiger partial charge in [0.15, 0.2) is 6.61 Å². The minimum absolute atomic E-state index is 0.0604. The number of carbonyl (C=O) groups is 1. The van der Waals surface area contributed by atoms with Gasteiger partial charge in [0.1, 0.15) is 11.8 Å². The molecule has 0 heterocycles. The van der Waals surface area contributed by atoms with E-state index >= 15 is 0 Å². The Balaban J connectivity index is 2.40. The fraction of sp³-hybridized carbons (Fsp3) is 0.467. The number of hydrogen-bond donors (Lipinski definition) is 1. The van der Waals surface area contributed by atoms with E-state index < -0.39 is 0 Å². The second-order valence-corrected chi connectivity index (χ2v) is 4.51. The van der Waals surface area contributed by atoms with Crippen LogP contribution in [-0.2, 0) is 4.79 Å². The summed E-state index contributed by atoms with van der Waals surface area (Å²) in [6.45, 7) is 4.04. The number of nitrogens with one attached hydrogen (secondary N) is 1. The Morgan fingerprint density at radius 3 is 2.89 bits per heavy atom. The van der Waals surface area contributed by atoms with E-state index in [4.69, 9.17) is 10.00 Å². The van der Waals surface area contributed by atoms with Gasteiger partial charge < -0.3 is 10.1 Å². The molecule has 1 amide bonds. The molecule has 1 atom stereocenters. The lowest BCUT2D eigenvalue weighted by atomic mass is 10.1. The van der Waals surface area contributed by atoms with Gasteiger partial charge in [-0.3, -0.25) is 4.79 Å². The van der Waals surface area contributed by atoms with Crippen molar-refractivity contribution in [1.29, 1.82) is 5.26 Å². The van der Waals surface area contributed by atoms with Crippen LogP contribution in [0.15, 0.2) is 24.3 Å². The van der Waals surface area contributed by atoms with Gasteiger partial charge >= 0.3 is 0 Å². The topological polar surface area (TPSA) is 62.1 Å². The third kappa shape index (κ3) is 5.43. The van der Waals surface area contributed by atoms with Crippen molar-refractivity contribution in [3.63, 3.8) is 0 Å². The van der Waals surface area contributed by atoms with Crippen LogP contribution in [0.1, 0.15) is 38.7 Å². The van der Waals surface area contributed by atoms with E-state index in [1.54, 1.807) is 24.3 Å². The lowest BCUT2D eigenvalue weighted by Crippen LogP contribution is -2.36. The monoisotopic (exact) mass is 260 g/mol. The summed E-state index contributed by atoms with van der Waals surface area (Å²) in [4.78, 5) is 11.7. The SMILES string of the molecule is CCCCC(C)NC(=O)COc1ccccc1C#N. The Morgan fingerprint density at radius 2 is 2.21 bits per heavy atom. The summed E-state index contributed by atoms with van der Waals surface area (Å²) in [6.07, 6.45) is 3.18. The summed E-state index contributed by atoms with van der Waals surface area (Å²) in [5.41, 5.74) is 0.439. The largest absolute Gasteiger partial charge is 0.482 e. The van der Waals surface area contributed by atoms with Gasteiger partial charge in [-0.1, -0.05) is 31.9 Å². The molecule has 0 fully saturated rings. The predicted molar refractivity (Wildman–Crippen MR) is 73.8 cm³/mol.